The molecule has 8 heteroatoms. The lowest BCUT2D eigenvalue weighted by molar-refractivity contribution is 0.135. The minimum Gasteiger partial charge on any atom is -0.486 e. The Bertz CT molecular complexity index is 812. The van der Waals surface area contributed by atoms with E-state index in [0.717, 1.165) is 17.0 Å². The first-order valence-electron chi connectivity index (χ1n) is 6.97. The van der Waals surface area contributed by atoms with Gasteiger partial charge < -0.3 is 4.74 Å². The number of aromatic nitrogens is 2. The molecule has 1 N–H and O–H groups in total. The summed E-state index contributed by atoms with van der Waals surface area (Å²) in [7, 11) is -3.75. The quantitative estimate of drug-likeness (QED) is 0.926. The Morgan fingerprint density at radius 1 is 1.36 bits per heavy atom. The molecule has 0 bridgehead atoms. The molecule has 22 heavy (non-hydrogen) atoms. The Kier molecular flexibility index (Phi) is 3.60. The molecular weight excluding hydrogens is 322 g/mol. The van der Waals surface area contributed by atoms with E-state index >= 15 is 0 Å². The van der Waals surface area contributed by atoms with E-state index in [1.54, 1.807) is 12.1 Å². The highest BCUT2D eigenvalue weighted by Gasteiger charge is 2.35. The summed E-state index contributed by atoms with van der Waals surface area (Å²) in [6.45, 7) is 5.82. The molecule has 118 valence electrons. The van der Waals surface area contributed by atoms with Crippen LogP contribution in [0.15, 0.2) is 23.1 Å². The van der Waals surface area contributed by atoms with Crippen molar-refractivity contribution in [3.05, 3.63) is 28.8 Å². The maximum absolute atomic E-state index is 12.6. The molecule has 0 saturated heterocycles. The second-order valence-corrected chi connectivity index (χ2v) is 8.46. The van der Waals surface area contributed by atoms with Crippen LogP contribution >= 0.6 is 11.3 Å². The van der Waals surface area contributed by atoms with Crippen molar-refractivity contribution in [3.63, 3.8) is 0 Å². The van der Waals surface area contributed by atoms with Gasteiger partial charge >= 0.3 is 0 Å². The number of hydrogen-bond donors (Lipinski definition) is 1. The molecule has 1 aromatic carbocycles. The predicted molar refractivity (Wildman–Crippen MR) is 84.9 cm³/mol. The molecule has 1 aliphatic rings. The number of nitrogens with zero attached hydrogens (tertiary/aromatic N) is 2. The number of para-hydroxylation sites is 1. The number of ether oxygens (including phenoxy) is 1. The first-order valence-corrected chi connectivity index (χ1v) is 9.27. The van der Waals surface area contributed by atoms with Crippen LogP contribution in [0.2, 0.25) is 0 Å². The smallest absolute Gasteiger partial charge is 0.267 e. The summed E-state index contributed by atoms with van der Waals surface area (Å²) in [5.41, 5.74) is 0.505. The summed E-state index contributed by atoms with van der Waals surface area (Å²) in [4.78, 5) is 0.142. The standard InChI is InChI=1S/C14H17N3O3S2/c1-4-11-15-16-13(21-11)17-22(18,19)10-7-5-6-9-8-14(2,3)20-12(9)10/h5-7H,4,8H2,1-3H3,(H,16,17). The lowest BCUT2D eigenvalue weighted by Crippen LogP contribution is -2.25. The molecule has 0 unspecified atom stereocenters. The number of sulfonamides is 1. The van der Waals surface area contributed by atoms with Gasteiger partial charge in [0.2, 0.25) is 5.13 Å². The molecule has 0 fully saturated rings. The zero-order valence-corrected chi connectivity index (χ0v) is 14.2. The molecule has 0 amide bonds. The summed E-state index contributed by atoms with van der Waals surface area (Å²) in [6, 6.07) is 5.17. The first kappa shape index (κ1) is 15.2. The molecule has 0 spiro atoms. The molecule has 1 aliphatic heterocycles. The zero-order valence-electron chi connectivity index (χ0n) is 12.6. The monoisotopic (exact) mass is 339 g/mol. The molecule has 2 heterocycles. The summed E-state index contributed by atoms with van der Waals surface area (Å²) in [6.07, 6.45) is 1.40. The van der Waals surface area contributed by atoms with Crippen LogP contribution in [0.25, 0.3) is 0 Å². The van der Waals surface area contributed by atoms with Gasteiger partial charge in [0.25, 0.3) is 10.0 Å². The molecule has 0 aliphatic carbocycles. The molecular formula is C14H17N3O3S2. The van der Waals surface area contributed by atoms with Crippen LogP contribution in [0.3, 0.4) is 0 Å². The van der Waals surface area contributed by atoms with Crippen LogP contribution < -0.4 is 9.46 Å². The lowest BCUT2D eigenvalue weighted by atomic mass is 10.0. The van der Waals surface area contributed by atoms with Gasteiger partial charge in [-0.3, -0.25) is 4.72 Å². The van der Waals surface area contributed by atoms with Crippen molar-refractivity contribution >= 4 is 26.5 Å². The average molecular weight is 339 g/mol. The molecule has 0 atom stereocenters. The van der Waals surface area contributed by atoms with E-state index < -0.39 is 15.6 Å². The normalized spacial score (nSPS) is 16.1. The zero-order chi connectivity index (χ0) is 16.0. The van der Waals surface area contributed by atoms with Gasteiger partial charge in [0.05, 0.1) is 0 Å². The molecule has 1 aromatic heterocycles. The van der Waals surface area contributed by atoms with Crippen molar-refractivity contribution in [2.45, 2.75) is 44.1 Å². The van der Waals surface area contributed by atoms with Crippen molar-refractivity contribution in [3.8, 4) is 5.75 Å². The number of hydrogen-bond acceptors (Lipinski definition) is 6. The minimum absolute atomic E-state index is 0.142. The topological polar surface area (TPSA) is 81.2 Å². The molecule has 2 aromatic rings. The largest absolute Gasteiger partial charge is 0.486 e. The van der Waals surface area contributed by atoms with E-state index in [0.29, 0.717) is 12.2 Å². The van der Waals surface area contributed by atoms with E-state index in [2.05, 4.69) is 14.9 Å². The van der Waals surface area contributed by atoms with Crippen molar-refractivity contribution in [1.82, 2.24) is 10.2 Å². The Hall–Kier alpha value is -1.67. The van der Waals surface area contributed by atoms with Crippen LogP contribution in [0.4, 0.5) is 5.13 Å². The lowest BCUT2D eigenvalue weighted by Gasteiger charge is -2.18. The van der Waals surface area contributed by atoms with Crippen LogP contribution in [-0.2, 0) is 22.9 Å². The van der Waals surface area contributed by atoms with Crippen molar-refractivity contribution in [2.24, 2.45) is 0 Å². The average Bonchev–Trinajstić information content (AvgIpc) is 2.99. The third kappa shape index (κ3) is 2.80. The third-order valence-corrected chi connectivity index (χ3v) is 5.81. The summed E-state index contributed by atoms with van der Waals surface area (Å²) in [5.74, 6) is 0.431. The number of benzene rings is 1. The van der Waals surface area contributed by atoms with Gasteiger partial charge in [-0.25, -0.2) is 8.42 Å². The van der Waals surface area contributed by atoms with Gasteiger partial charge in [0.15, 0.2) is 0 Å². The Morgan fingerprint density at radius 2 is 2.14 bits per heavy atom. The Morgan fingerprint density at radius 3 is 2.82 bits per heavy atom. The van der Waals surface area contributed by atoms with Gasteiger partial charge in [-0.1, -0.05) is 30.4 Å². The van der Waals surface area contributed by atoms with Crippen molar-refractivity contribution in [2.75, 3.05) is 4.72 Å². The van der Waals surface area contributed by atoms with E-state index in [1.807, 2.05) is 26.8 Å². The van der Waals surface area contributed by atoms with Gasteiger partial charge in [0.1, 0.15) is 21.3 Å². The first-order chi connectivity index (χ1) is 10.3. The molecule has 3 rings (SSSR count). The number of rotatable bonds is 4. The van der Waals surface area contributed by atoms with Gasteiger partial charge in [-0.15, -0.1) is 10.2 Å². The van der Waals surface area contributed by atoms with Crippen LogP contribution in [0, 0.1) is 0 Å². The van der Waals surface area contributed by atoms with Gasteiger partial charge in [-0.05, 0) is 31.9 Å². The number of fused-ring (bicyclic) bond motifs is 1. The number of anilines is 1. The maximum atomic E-state index is 12.6. The number of aryl methyl sites for hydroxylation is 1. The molecule has 6 nitrogen and oxygen atoms in total. The Balaban J connectivity index is 1.96. The third-order valence-electron chi connectivity index (χ3n) is 3.34. The fourth-order valence-corrected chi connectivity index (χ4v) is 4.49. The second kappa shape index (κ2) is 5.20. The van der Waals surface area contributed by atoms with E-state index in [4.69, 9.17) is 4.74 Å². The van der Waals surface area contributed by atoms with Crippen molar-refractivity contribution in [1.29, 1.82) is 0 Å². The minimum atomic E-state index is -3.75. The summed E-state index contributed by atoms with van der Waals surface area (Å²) < 4.78 is 33.5. The fourth-order valence-electron chi connectivity index (χ4n) is 2.41. The Labute approximate surface area is 133 Å². The van der Waals surface area contributed by atoms with Crippen LogP contribution in [0.1, 0.15) is 31.3 Å². The molecule has 0 radical (unpaired) electrons. The van der Waals surface area contributed by atoms with Crippen molar-refractivity contribution < 1.29 is 13.2 Å². The summed E-state index contributed by atoms with van der Waals surface area (Å²) in [5, 5.41) is 8.83. The van der Waals surface area contributed by atoms with E-state index in [1.165, 1.54) is 11.3 Å². The van der Waals surface area contributed by atoms with Gasteiger partial charge in [-0.2, -0.15) is 0 Å². The van der Waals surface area contributed by atoms with E-state index in [9.17, 15) is 8.42 Å². The molecule has 0 saturated carbocycles. The SMILES string of the molecule is CCc1nnc(NS(=O)(=O)c2cccc3c2OC(C)(C)C3)s1. The maximum Gasteiger partial charge on any atom is 0.267 e. The fraction of sp³-hybridized carbons (Fsp3) is 0.429. The van der Waals surface area contributed by atoms with E-state index in [-0.39, 0.29) is 10.0 Å². The summed E-state index contributed by atoms with van der Waals surface area (Å²) >= 11 is 1.23. The second-order valence-electron chi connectivity index (χ2n) is 5.74. The number of nitrogens with one attached hydrogen (secondary N) is 1. The van der Waals surface area contributed by atoms with Crippen LogP contribution in [0.5, 0.6) is 5.75 Å². The van der Waals surface area contributed by atoms with Gasteiger partial charge in [0, 0.05) is 6.42 Å². The van der Waals surface area contributed by atoms with Crippen LogP contribution in [-0.4, -0.2) is 24.2 Å². The highest BCUT2D eigenvalue weighted by molar-refractivity contribution is 7.93. The highest BCUT2D eigenvalue weighted by atomic mass is 32.2. The highest BCUT2D eigenvalue weighted by Crippen LogP contribution is 2.40. The predicted octanol–water partition coefficient (Wildman–Crippen LogP) is 2.61.